The van der Waals surface area contributed by atoms with Crippen molar-refractivity contribution in [3.05, 3.63) is 29.6 Å². The third-order valence-electron chi connectivity index (χ3n) is 4.23. The van der Waals surface area contributed by atoms with Crippen LogP contribution in [0, 0.1) is 17.7 Å². The SMILES string of the molecule is CC1CN(CC2Cc3cc(F)ccc3O2)CC1C(=O)O. The second kappa shape index (κ2) is 5.05. The smallest absolute Gasteiger partial charge is 0.308 e. The molecule has 2 aliphatic heterocycles. The number of fused-ring (bicyclic) bond motifs is 1. The number of carboxylic acid groups (broad SMARTS) is 1. The van der Waals surface area contributed by atoms with Crippen LogP contribution in [-0.4, -0.2) is 41.7 Å². The van der Waals surface area contributed by atoms with Crippen LogP contribution in [0.1, 0.15) is 12.5 Å². The molecule has 1 aromatic rings. The van der Waals surface area contributed by atoms with Crippen molar-refractivity contribution in [1.82, 2.24) is 4.90 Å². The second-order valence-electron chi connectivity index (χ2n) is 5.84. The maximum absolute atomic E-state index is 13.2. The number of hydrogen-bond acceptors (Lipinski definition) is 3. The topological polar surface area (TPSA) is 49.8 Å². The lowest BCUT2D eigenvalue weighted by atomic mass is 9.99. The summed E-state index contributed by atoms with van der Waals surface area (Å²) < 4.78 is 19.0. The van der Waals surface area contributed by atoms with Crippen LogP contribution in [0.15, 0.2) is 18.2 Å². The fraction of sp³-hybridized carbons (Fsp3) is 0.533. The quantitative estimate of drug-likeness (QED) is 0.916. The summed E-state index contributed by atoms with van der Waals surface area (Å²) in [5.74, 6) is -0.352. The molecule has 1 aromatic carbocycles. The molecule has 0 saturated carbocycles. The molecule has 4 nitrogen and oxygen atoms in total. The largest absolute Gasteiger partial charge is 0.488 e. The van der Waals surface area contributed by atoms with E-state index in [4.69, 9.17) is 9.84 Å². The van der Waals surface area contributed by atoms with Crippen molar-refractivity contribution in [2.24, 2.45) is 11.8 Å². The first kappa shape index (κ1) is 13.4. The molecule has 0 aliphatic carbocycles. The molecule has 5 heteroatoms. The average Bonchev–Trinajstić information content (AvgIpc) is 2.92. The molecular formula is C15H18FNO3. The molecule has 2 heterocycles. The zero-order valence-corrected chi connectivity index (χ0v) is 11.4. The zero-order chi connectivity index (χ0) is 14.3. The molecule has 0 aromatic heterocycles. The Morgan fingerprint density at radius 3 is 3.00 bits per heavy atom. The lowest BCUT2D eigenvalue weighted by molar-refractivity contribution is -0.142. The van der Waals surface area contributed by atoms with Crippen LogP contribution in [0.5, 0.6) is 5.75 Å². The maximum Gasteiger partial charge on any atom is 0.308 e. The van der Waals surface area contributed by atoms with Crippen LogP contribution in [0.3, 0.4) is 0 Å². The Balaban J connectivity index is 1.60. The van der Waals surface area contributed by atoms with E-state index in [1.807, 2.05) is 6.92 Å². The molecule has 1 N–H and O–H groups in total. The number of likely N-dealkylation sites (tertiary alicyclic amines) is 1. The number of halogens is 1. The minimum absolute atomic E-state index is 0.00783. The average molecular weight is 279 g/mol. The molecule has 2 aliphatic rings. The number of aliphatic carboxylic acids is 1. The summed E-state index contributed by atoms with van der Waals surface area (Å²) in [6, 6.07) is 4.58. The van der Waals surface area contributed by atoms with Gasteiger partial charge in [0.05, 0.1) is 5.92 Å². The number of hydrogen-bond donors (Lipinski definition) is 1. The first-order valence-corrected chi connectivity index (χ1v) is 6.93. The lowest BCUT2D eigenvalue weighted by Crippen LogP contribution is -2.34. The number of carboxylic acids is 1. The third kappa shape index (κ3) is 2.50. The fourth-order valence-electron chi connectivity index (χ4n) is 3.22. The van der Waals surface area contributed by atoms with Crippen LogP contribution >= 0.6 is 0 Å². The monoisotopic (exact) mass is 279 g/mol. The Labute approximate surface area is 117 Å². The van der Waals surface area contributed by atoms with Gasteiger partial charge in [-0.3, -0.25) is 9.69 Å². The summed E-state index contributed by atoms with van der Waals surface area (Å²) in [6.07, 6.45) is 0.682. The molecule has 0 bridgehead atoms. The van der Waals surface area contributed by atoms with Crippen LogP contribution in [-0.2, 0) is 11.2 Å². The van der Waals surface area contributed by atoms with Gasteiger partial charge < -0.3 is 9.84 Å². The molecule has 3 atom stereocenters. The first-order chi connectivity index (χ1) is 9.52. The van der Waals surface area contributed by atoms with Crippen molar-refractivity contribution in [1.29, 1.82) is 0 Å². The van der Waals surface area contributed by atoms with Gasteiger partial charge in [0, 0.05) is 31.6 Å². The van der Waals surface area contributed by atoms with Crippen molar-refractivity contribution < 1.29 is 19.0 Å². The molecule has 108 valence electrons. The Morgan fingerprint density at radius 2 is 2.30 bits per heavy atom. The van der Waals surface area contributed by atoms with E-state index < -0.39 is 5.97 Å². The van der Waals surface area contributed by atoms with Crippen LogP contribution in [0.25, 0.3) is 0 Å². The molecule has 3 unspecified atom stereocenters. The highest BCUT2D eigenvalue weighted by molar-refractivity contribution is 5.71. The highest BCUT2D eigenvalue weighted by Gasteiger charge is 2.36. The van der Waals surface area contributed by atoms with Crippen LogP contribution in [0.4, 0.5) is 4.39 Å². The van der Waals surface area contributed by atoms with Gasteiger partial charge in [-0.1, -0.05) is 6.92 Å². The number of rotatable bonds is 3. The molecule has 0 amide bonds. The molecule has 0 spiro atoms. The van der Waals surface area contributed by atoms with E-state index in [-0.39, 0.29) is 23.8 Å². The van der Waals surface area contributed by atoms with Crippen LogP contribution in [0.2, 0.25) is 0 Å². The molecule has 0 radical (unpaired) electrons. The molecular weight excluding hydrogens is 261 g/mol. The predicted octanol–water partition coefficient (Wildman–Crippen LogP) is 1.78. The van der Waals surface area contributed by atoms with Gasteiger partial charge in [-0.2, -0.15) is 0 Å². The minimum Gasteiger partial charge on any atom is -0.488 e. The number of carbonyl (C=O) groups is 1. The summed E-state index contributed by atoms with van der Waals surface area (Å²) in [5, 5.41) is 9.14. The minimum atomic E-state index is -0.724. The van der Waals surface area contributed by atoms with Crippen molar-refractivity contribution in [2.75, 3.05) is 19.6 Å². The lowest BCUT2D eigenvalue weighted by Gasteiger charge is -2.19. The van der Waals surface area contributed by atoms with Gasteiger partial charge >= 0.3 is 5.97 Å². The van der Waals surface area contributed by atoms with Crippen LogP contribution < -0.4 is 4.74 Å². The van der Waals surface area contributed by atoms with Crippen molar-refractivity contribution in [3.63, 3.8) is 0 Å². The van der Waals surface area contributed by atoms with E-state index in [2.05, 4.69) is 4.90 Å². The van der Waals surface area contributed by atoms with E-state index in [0.717, 1.165) is 17.9 Å². The van der Waals surface area contributed by atoms with E-state index in [9.17, 15) is 9.18 Å². The van der Waals surface area contributed by atoms with Crippen molar-refractivity contribution in [2.45, 2.75) is 19.4 Å². The maximum atomic E-state index is 13.2. The van der Waals surface area contributed by atoms with E-state index in [1.165, 1.54) is 12.1 Å². The summed E-state index contributed by atoms with van der Waals surface area (Å²) in [6.45, 7) is 4.02. The second-order valence-corrected chi connectivity index (χ2v) is 5.84. The van der Waals surface area contributed by atoms with Gasteiger partial charge in [-0.15, -0.1) is 0 Å². The number of nitrogens with zero attached hydrogens (tertiary/aromatic N) is 1. The fourth-order valence-corrected chi connectivity index (χ4v) is 3.22. The Morgan fingerprint density at radius 1 is 1.50 bits per heavy atom. The molecule has 1 saturated heterocycles. The van der Waals surface area contributed by atoms with Crippen molar-refractivity contribution >= 4 is 5.97 Å². The Bertz CT molecular complexity index is 534. The third-order valence-corrected chi connectivity index (χ3v) is 4.23. The summed E-state index contributed by atoms with van der Waals surface area (Å²) in [7, 11) is 0. The van der Waals surface area contributed by atoms with Gasteiger partial charge in [-0.05, 0) is 24.1 Å². The van der Waals surface area contributed by atoms with E-state index in [0.29, 0.717) is 19.5 Å². The van der Waals surface area contributed by atoms with Crippen molar-refractivity contribution in [3.8, 4) is 5.75 Å². The van der Waals surface area contributed by atoms with E-state index in [1.54, 1.807) is 6.07 Å². The first-order valence-electron chi connectivity index (χ1n) is 6.93. The van der Waals surface area contributed by atoms with E-state index >= 15 is 0 Å². The number of ether oxygens (including phenoxy) is 1. The molecule has 1 fully saturated rings. The molecule has 3 rings (SSSR count). The summed E-state index contributed by atoms with van der Waals surface area (Å²) >= 11 is 0. The van der Waals surface area contributed by atoms with Gasteiger partial charge in [0.1, 0.15) is 17.7 Å². The normalized spacial score (nSPS) is 29.2. The molecule has 20 heavy (non-hydrogen) atoms. The highest BCUT2D eigenvalue weighted by Crippen LogP contribution is 2.31. The van der Waals surface area contributed by atoms with Gasteiger partial charge in [0.15, 0.2) is 0 Å². The summed E-state index contributed by atoms with van der Waals surface area (Å²) in [5.41, 5.74) is 0.900. The Hall–Kier alpha value is -1.62. The highest BCUT2D eigenvalue weighted by atomic mass is 19.1. The number of benzene rings is 1. The summed E-state index contributed by atoms with van der Waals surface area (Å²) in [4.78, 5) is 13.2. The Kier molecular flexibility index (Phi) is 3.38. The standard InChI is InChI=1S/C15H18FNO3/c1-9-6-17(8-13(9)15(18)19)7-12-5-10-4-11(16)2-3-14(10)20-12/h2-4,9,12-13H,5-8H2,1H3,(H,18,19). The predicted molar refractivity (Wildman–Crippen MR) is 71.2 cm³/mol. The van der Waals surface area contributed by atoms with Gasteiger partial charge in [-0.25, -0.2) is 4.39 Å². The van der Waals surface area contributed by atoms with Gasteiger partial charge in [0.2, 0.25) is 0 Å². The van der Waals surface area contributed by atoms with Gasteiger partial charge in [0.25, 0.3) is 0 Å². The zero-order valence-electron chi connectivity index (χ0n) is 11.4.